The van der Waals surface area contributed by atoms with Crippen molar-refractivity contribution in [2.75, 3.05) is 13.2 Å². The second-order valence-corrected chi connectivity index (χ2v) is 8.92. The molecule has 1 fully saturated rings. The topological polar surface area (TPSA) is 70.6 Å². The SMILES string of the molecule is O=C(NC(=S)NC1(C(F)(F)CO)c2cc(Br)ccc2OCC12CC2)c1ccccc1. The van der Waals surface area contributed by atoms with Crippen LogP contribution in [0.2, 0.25) is 0 Å². The van der Waals surface area contributed by atoms with Crippen LogP contribution in [-0.2, 0) is 5.54 Å². The lowest BCUT2D eigenvalue weighted by Gasteiger charge is -2.50. The van der Waals surface area contributed by atoms with E-state index in [0.29, 0.717) is 22.9 Å². The summed E-state index contributed by atoms with van der Waals surface area (Å²) in [6.07, 6.45) is 0.938. The lowest BCUT2D eigenvalue weighted by molar-refractivity contribution is -0.160. The van der Waals surface area contributed by atoms with Gasteiger partial charge in [-0.15, -0.1) is 0 Å². The molecule has 1 unspecified atom stereocenters. The number of benzene rings is 2. The molecule has 0 radical (unpaired) electrons. The molecule has 4 rings (SSSR count). The first-order valence-corrected chi connectivity index (χ1v) is 10.5. The predicted molar refractivity (Wildman–Crippen MR) is 115 cm³/mol. The second-order valence-electron chi connectivity index (χ2n) is 7.60. The minimum atomic E-state index is -3.58. The summed E-state index contributed by atoms with van der Waals surface area (Å²) < 4.78 is 37.4. The van der Waals surface area contributed by atoms with E-state index in [0.717, 1.165) is 0 Å². The molecule has 1 heterocycles. The number of hydrogen-bond donors (Lipinski definition) is 3. The summed E-state index contributed by atoms with van der Waals surface area (Å²) in [5.41, 5.74) is -2.46. The minimum Gasteiger partial charge on any atom is -0.493 e. The number of thiocarbonyl (C=S) groups is 1. The Labute approximate surface area is 185 Å². The Hall–Kier alpha value is -2.10. The van der Waals surface area contributed by atoms with Gasteiger partial charge in [-0.2, -0.15) is 0 Å². The van der Waals surface area contributed by atoms with Crippen LogP contribution in [0, 0.1) is 5.41 Å². The van der Waals surface area contributed by atoms with Crippen LogP contribution in [0.4, 0.5) is 8.78 Å². The highest BCUT2D eigenvalue weighted by molar-refractivity contribution is 9.10. The Morgan fingerprint density at radius 3 is 2.57 bits per heavy atom. The van der Waals surface area contributed by atoms with Crippen molar-refractivity contribution in [1.29, 1.82) is 0 Å². The molecule has 0 bridgehead atoms. The maximum atomic E-state index is 15.5. The summed E-state index contributed by atoms with van der Waals surface area (Å²) in [5, 5.41) is 14.7. The number of amides is 1. The zero-order valence-corrected chi connectivity index (χ0v) is 18.2. The Morgan fingerprint density at radius 1 is 1.23 bits per heavy atom. The van der Waals surface area contributed by atoms with Gasteiger partial charge >= 0.3 is 0 Å². The van der Waals surface area contributed by atoms with E-state index in [1.165, 1.54) is 0 Å². The van der Waals surface area contributed by atoms with Gasteiger partial charge in [0.1, 0.15) is 17.9 Å². The molecule has 30 heavy (non-hydrogen) atoms. The standard InChI is InChI=1S/C21H19BrF2N2O3S/c22-14-6-7-16-15(10-14)21(20(23,24)11-27,19(8-9-19)12-29-16)26-18(30)25-17(28)13-4-2-1-3-5-13/h1-7,10,27H,8-9,11-12H2,(H2,25,26,28,30). The van der Waals surface area contributed by atoms with Crippen LogP contribution in [0.1, 0.15) is 28.8 Å². The number of aliphatic hydroxyl groups excluding tert-OH is 1. The maximum Gasteiger partial charge on any atom is 0.298 e. The number of rotatable bonds is 4. The van der Waals surface area contributed by atoms with Gasteiger partial charge in [-0.1, -0.05) is 34.1 Å². The first kappa shape index (κ1) is 21.1. The van der Waals surface area contributed by atoms with Crippen LogP contribution < -0.4 is 15.4 Å². The largest absolute Gasteiger partial charge is 0.493 e. The summed E-state index contributed by atoms with van der Waals surface area (Å²) in [7, 11) is 0. The van der Waals surface area contributed by atoms with E-state index in [1.54, 1.807) is 48.5 Å². The molecule has 0 saturated heterocycles. The van der Waals surface area contributed by atoms with E-state index < -0.39 is 29.4 Å². The highest BCUT2D eigenvalue weighted by Crippen LogP contribution is 2.66. The Kier molecular flexibility index (Phi) is 5.32. The Morgan fingerprint density at radius 2 is 1.93 bits per heavy atom. The third kappa shape index (κ3) is 3.29. The van der Waals surface area contributed by atoms with Gasteiger partial charge < -0.3 is 15.2 Å². The molecule has 1 amide bonds. The molecule has 3 N–H and O–H groups in total. The van der Waals surface area contributed by atoms with Crippen LogP contribution in [0.5, 0.6) is 5.75 Å². The van der Waals surface area contributed by atoms with Gasteiger partial charge in [-0.25, -0.2) is 8.78 Å². The van der Waals surface area contributed by atoms with Crippen LogP contribution >= 0.6 is 28.1 Å². The lowest BCUT2D eigenvalue weighted by Crippen LogP contribution is -2.68. The third-order valence-corrected chi connectivity index (χ3v) is 6.51. The molecule has 1 aliphatic heterocycles. The number of carbonyl (C=O) groups excluding carboxylic acids is 1. The molecule has 0 aromatic heterocycles. The second kappa shape index (κ2) is 7.55. The molecule has 5 nitrogen and oxygen atoms in total. The van der Waals surface area contributed by atoms with Crippen LogP contribution in [0.15, 0.2) is 53.0 Å². The van der Waals surface area contributed by atoms with Crippen molar-refractivity contribution < 1.29 is 23.4 Å². The molecule has 158 valence electrons. The number of alkyl halides is 2. The number of fused-ring (bicyclic) bond motifs is 1. The number of ether oxygens (including phenoxy) is 1. The fourth-order valence-electron chi connectivity index (χ4n) is 4.16. The van der Waals surface area contributed by atoms with Crippen molar-refractivity contribution in [2.45, 2.75) is 24.3 Å². The average Bonchev–Trinajstić information content (AvgIpc) is 3.51. The molecule has 1 spiro atoms. The zero-order valence-electron chi connectivity index (χ0n) is 15.8. The number of aliphatic hydroxyl groups is 1. The van der Waals surface area contributed by atoms with Gasteiger partial charge in [0.05, 0.1) is 6.61 Å². The van der Waals surface area contributed by atoms with Gasteiger partial charge in [-0.05, 0) is 55.4 Å². The number of carbonyl (C=O) groups is 1. The number of hydrogen-bond acceptors (Lipinski definition) is 4. The van der Waals surface area contributed by atoms with Gasteiger partial charge in [0.25, 0.3) is 11.8 Å². The van der Waals surface area contributed by atoms with Crippen molar-refractivity contribution >= 4 is 39.2 Å². The van der Waals surface area contributed by atoms with Crippen LogP contribution in [-0.4, -0.2) is 35.3 Å². The highest BCUT2D eigenvalue weighted by Gasteiger charge is 2.74. The van der Waals surface area contributed by atoms with E-state index in [4.69, 9.17) is 17.0 Å². The minimum absolute atomic E-state index is 0.0550. The molecule has 2 aromatic rings. The fraction of sp³-hybridized carbons (Fsp3) is 0.333. The molecule has 9 heteroatoms. The molecule has 1 atom stereocenters. The molecule has 1 aliphatic carbocycles. The van der Waals surface area contributed by atoms with E-state index in [9.17, 15) is 9.90 Å². The zero-order chi connectivity index (χ0) is 21.6. The molecule has 2 aromatic carbocycles. The molecule has 1 saturated carbocycles. The smallest absolute Gasteiger partial charge is 0.298 e. The predicted octanol–water partition coefficient (Wildman–Crippen LogP) is 3.75. The van der Waals surface area contributed by atoms with Crippen LogP contribution in [0.3, 0.4) is 0 Å². The first-order valence-electron chi connectivity index (χ1n) is 9.35. The van der Waals surface area contributed by atoms with Crippen molar-refractivity contribution in [2.24, 2.45) is 5.41 Å². The monoisotopic (exact) mass is 496 g/mol. The maximum absolute atomic E-state index is 15.5. The first-order chi connectivity index (χ1) is 14.2. The van der Waals surface area contributed by atoms with E-state index >= 15 is 8.78 Å². The Bertz CT molecular complexity index is 1000. The molecular weight excluding hydrogens is 478 g/mol. The van der Waals surface area contributed by atoms with Crippen LogP contribution in [0.25, 0.3) is 0 Å². The van der Waals surface area contributed by atoms with Crippen molar-refractivity contribution in [3.8, 4) is 5.75 Å². The van der Waals surface area contributed by atoms with Gasteiger partial charge in [0.15, 0.2) is 5.11 Å². The number of nitrogens with one attached hydrogen (secondary N) is 2. The third-order valence-electron chi connectivity index (χ3n) is 5.81. The number of halogens is 3. The van der Waals surface area contributed by atoms with E-state index in [2.05, 4.69) is 26.6 Å². The summed E-state index contributed by atoms with van der Waals surface area (Å²) in [6, 6.07) is 13.2. The van der Waals surface area contributed by atoms with Gasteiger partial charge in [-0.3, -0.25) is 10.1 Å². The van der Waals surface area contributed by atoms with Crippen molar-refractivity contribution in [3.63, 3.8) is 0 Å². The highest BCUT2D eigenvalue weighted by atomic mass is 79.9. The summed E-state index contributed by atoms with van der Waals surface area (Å²) >= 11 is 8.61. The lowest BCUT2D eigenvalue weighted by atomic mass is 9.69. The Balaban J connectivity index is 1.75. The fourth-order valence-corrected chi connectivity index (χ4v) is 4.77. The average molecular weight is 497 g/mol. The summed E-state index contributed by atoms with van der Waals surface area (Å²) in [4.78, 5) is 12.5. The normalized spacial score (nSPS) is 21.3. The quantitative estimate of drug-likeness (QED) is 0.562. The van der Waals surface area contributed by atoms with Crippen molar-refractivity contribution in [3.05, 3.63) is 64.1 Å². The molecule has 2 aliphatic rings. The molecular formula is C21H19BrF2N2O3S. The van der Waals surface area contributed by atoms with Crippen molar-refractivity contribution in [1.82, 2.24) is 10.6 Å². The van der Waals surface area contributed by atoms with E-state index in [-0.39, 0.29) is 23.0 Å². The van der Waals surface area contributed by atoms with E-state index in [1.807, 2.05) is 0 Å². The summed E-state index contributed by atoms with van der Waals surface area (Å²) in [6.45, 7) is -1.33. The summed E-state index contributed by atoms with van der Waals surface area (Å²) in [5.74, 6) is -3.81. The van der Waals surface area contributed by atoms with Gasteiger partial charge in [0, 0.05) is 21.0 Å². The van der Waals surface area contributed by atoms with Gasteiger partial charge in [0.2, 0.25) is 0 Å².